The van der Waals surface area contributed by atoms with Crippen LogP contribution in [-0.2, 0) is 4.57 Å². The minimum absolute atomic E-state index is 0. The van der Waals surface area contributed by atoms with Gasteiger partial charge in [0.05, 0.1) is 5.30 Å². The monoisotopic (exact) mass is 205 g/mol. The number of hydrogen-bond donors (Lipinski definition) is 2. The van der Waals surface area contributed by atoms with Crippen molar-refractivity contribution in [2.24, 2.45) is 0 Å². The molecule has 2 N–H and O–H groups in total. The second-order valence-corrected chi connectivity index (χ2v) is 3.41. The molecule has 0 saturated heterocycles. The van der Waals surface area contributed by atoms with Gasteiger partial charge in [0.2, 0.25) is 0 Å². The van der Waals surface area contributed by atoms with Gasteiger partial charge in [0.25, 0.3) is 0 Å². The SMILES string of the molecule is O=P(O)(O)c1cc[c]cc1.[NaH].[NaH]. The Morgan fingerprint density at radius 1 is 1.17 bits per heavy atom. The van der Waals surface area contributed by atoms with Crippen molar-refractivity contribution in [2.45, 2.75) is 0 Å². The molecule has 0 fully saturated rings. The van der Waals surface area contributed by atoms with E-state index in [1.165, 1.54) is 24.3 Å². The second-order valence-electron chi connectivity index (χ2n) is 1.80. The van der Waals surface area contributed by atoms with Crippen LogP contribution in [0.3, 0.4) is 0 Å². The molecule has 0 heterocycles. The fourth-order valence-corrected chi connectivity index (χ4v) is 1.11. The first-order valence-corrected chi connectivity index (χ1v) is 4.24. The Kier molecular flexibility index (Phi) is 8.93. The molecule has 0 aliphatic carbocycles. The van der Waals surface area contributed by atoms with Gasteiger partial charge in [-0.2, -0.15) is 0 Å². The van der Waals surface area contributed by atoms with Crippen LogP contribution in [0.2, 0.25) is 0 Å². The summed E-state index contributed by atoms with van der Waals surface area (Å²) in [7, 11) is -4.04. The van der Waals surface area contributed by atoms with Gasteiger partial charge in [0, 0.05) is 0 Å². The summed E-state index contributed by atoms with van der Waals surface area (Å²) in [6.07, 6.45) is 0. The average Bonchev–Trinajstić information content (AvgIpc) is 1.88. The van der Waals surface area contributed by atoms with Crippen molar-refractivity contribution >= 4 is 72.0 Å². The van der Waals surface area contributed by atoms with Crippen molar-refractivity contribution in [3.63, 3.8) is 0 Å². The molecule has 0 aliphatic heterocycles. The van der Waals surface area contributed by atoms with Crippen molar-refractivity contribution in [3.8, 4) is 0 Å². The van der Waals surface area contributed by atoms with E-state index < -0.39 is 7.60 Å². The van der Waals surface area contributed by atoms with Gasteiger partial charge in [0.15, 0.2) is 0 Å². The first-order valence-electron chi connectivity index (χ1n) is 2.63. The van der Waals surface area contributed by atoms with Gasteiger partial charge >= 0.3 is 66.7 Å². The Hall–Kier alpha value is 1.37. The topological polar surface area (TPSA) is 57.5 Å². The molecule has 0 bridgehead atoms. The molecule has 0 saturated carbocycles. The van der Waals surface area contributed by atoms with Gasteiger partial charge in [-0.3, -0.25) is 4.57 Å². The fourth-order valence-electron chi connectivity index (χ4n) is 0.572. The van der Waals surface area contributed by atoms with Crippen LogP contribution >= 0.6 is 7.60 Å². The normalized spacial score (nSPS) is 9.50. The van der Waals surface area contributed by atoms with E-state index >= 15 is 0 Å². The summed E-state index contributed by atoms with van der Waals surface area (Å²) in [5, 5.41) is 0.0336. The van der Waals surface area contributed by atoms with E-state index in [-0.39, 0.29) is 64.4 Å². The average molecular weight is 205 g/mol. The Balaban J connectivity index is 0. The Morgan fingerprint density at radius 2 is 1.58 bits per heavy atom. The van der Waals surface area contributed by atoms with E-state index in [1.807, 2.05) is 0 Å². The standard InChI is InChI=1S/C6H6O3P.2Na.2H/c7-10(8,9)6-4-2-1-3-5-6;;;;/h2-5H,(H2,7,8,9);;;;. The zero-order valence-electron chi connectivity index (χ0n) is 5.06. The molecule has 1 rings (SSSR count). The first kappa shape index (κ1) is 15.8. The molecule has 3 nitrogen and oxygen atoms in total. The van der Waals surface area contributed by atoms with Crippen molar-refractivity contribution in [1.29, 1.82) is 0 Å². The summed E-state index contributed by atoms with van der Waals surface area (Å²) in [5.74, 6) is 0. The molecule has 57 valence electrons. The quantitative estimate of drug-likeness (QED) is 0.456. The second kappa shape index (κ2) is 6.77. The van der Waals surface area contributed by atoms with Gasteiger partial charge in [0.1, 0.15) is 0 Å². The van der Waals surface area contributed by atoms with E-state index in [2.05, 4.69) is 6.07 Å². The Labute approximate surface area is 115 Å². The Morgan fingerprint density at radius 3 is 1.83 bits per heavy atom. The van der Waals surface area contributed by atoms with Crippen LogP contribution in [0, 0.1) is 6.07 Å². The molecule has 1 aromatic carbocycles. The van der Waals surface area contributed by atoms with Crippen molar-refractivity contribution in [3.05, 3.63) is 30.3 Å². The number of benzene rings is 1. The van der Waals surface area contributed by atoms with Gasteiger partial charge in [-0.05, 0) is 18.2 Å². The van der Waals surface area contributed by atoms with E-state index in [4.69, 9.17) is 9.79 Å². The van der Waals surface area contributed by atoms with Gasteiger partial charge in [-0.1, -0.05) is 12.1 Å². The molecule has 0 amide bonds. The predicted octanol–water partition coefficient (Wildman–Crippen LogP) is -1.01. The minimum atomic E-state index is -4.04. The van der Waals surface area contributed by atoms with Gasteiger partial charge in [-0.25, -0.2) is 0 Å². The summed E-state index contributed by atoms with van der Waals surface area (Å²) in [5.41, 5.74) is 0. The van der Waals surface area contributed by atoms with Crippen molar-refractivity contribution in [1.82, 2.24) is 0 Å². The summed E-state index contributed by atoms with van der Waals surface area (Å²) < 4.78 is 10.5. The summed E-state index contributed by atoms with van der Waals surface area (Å²) in [6, 6.07) is 8.29. The van der Waals surface area contributed by atoms with Gasteiger partial charge in [-0.15, -0.1) is 0 Å². The molecular weight excluding hydrogens is 197 g/mol. The summed E-state index contributed by atoms with van der Waals surface area (Å²) in [4.78, 5) is 17.2. The molecule has 0 unspecified atom stereocenters. The van der Waals surface area contributed by atoms with Crippen LogP contribution in [0.25, 0.3) is 0 Å². The van der Waals surface area contributed by atoms with Crippen LogP contribution in [0.5, 0.6) is 0 Å². The summed E-state index contributed by atoms with van der Waals surface area (Å²) in [6.45, 7) is 0. The van der Waals surface area contributed by atoms with E-state index in [0.717, 1.165) is 0 Å². The third kappa shape index (κ3) is 5.18. The molecule has 1 radical (unpaired) electrons. The predicted molar refractivity (Wildman–Crippen MR) is 51.3 cm³/mol. The maximum atomic E-state index is 10.5. The van der Waals surface area contributed by atoms with Crippen LogP contribution in [0.1, 0.15) is 0 Å². The van der Waals surface area contributed by atoms with E-state index in [9.17, 15) is 4.57 Å². The van der Waals surface area contributed by atoms with Crippen LogP contribution in [-0.4, -0.2) is 68.9 Å². The number of hydrogen-bond acceptors (Lipinski definition) is 1. The van der Waals surface area contributed by atoms with E-state index in [0.29, 0.717) is 0 Å². The molecule has 0 aromatic heterocycles. The number of rotatable bonds is 1. The fraction of sp³-hybridized carbons (Fsp3) is 0. The van der Waals surface area contributed by atoms with Crippen LogP contribution in [0.4, 0.5) is 0 Å². The molecule has 0 spiro atoms. The van der Waals surface area contributed by atoms with Crippen LogP contribution in [0.15, 0.2) is 24.3 Å². The molecule has 12 heavy (non-hydrogen) atoms. The Bertz CT molecular complexity index is 259. The van der Waals surface area contributed by atoms with Crippen molar-refractivity contribution < 1.29 is 14.4 Å². The molecular formula is C6H8Na2O3P. The van der Waals surface area contributed by atoms with E-state index in [1.54, 1.807) is 0 Å². The third-order valence-electron chi connectivity index (χ3n) is 1.04. The molecule has 6 heteroatoms. The van der Waals surface area contributed by atoms with Crippen LogP contribution < -0.4 is 5.30 Å². The molecule has 0 aliphatic rings. The van der Waals surface area contributed by atoms with Crippen molar-refractivity contribution in [2.75, 3.05) is 0 Å². The molecule has 0 atom stereocenters. The zero-order valence-corrected chi connectivity index (χ0v) is 5.95. The molecule has 1 aromatic rings. The third-order valence-corrected chi connectivity index (χ3v) is 2.01. The van der Waals surface area contributed by atoms with Gasteiger partial charge < -0.3 is 9.79 Å². The maximum absolute atomic E-state index is 10.5. The summed E-state index contributed by atoms with van der Waals surface area (Å²) >= 11 is 0. The zero-order chi connectivity index (χ0) is 7.61. The first-order chi connectivity index (χ1) is 4.61.